The second-order valence-corrected chi connectivity index (χ2v) is 7.55. The third-order valence-electron chi connectivity index (χ3n) is 4.77. The van der Waals surface area contributed by atoms with Gasteiger partial charge in [0.1, 0.15) is 17.0 Å². The Kier molecular flexibility index (Phi) is 3.34. The van der Waals surface area contributed by atoms with Crippen LogP contribution in [0.15, 0.2) is 6.33 Å². The third-order valence-corrected chi connectivity index (χ3v) is 5.93. The predicted octanol–water partition coefficient (Wildman–Crippen LogP) is 2.78. The molecule has 5 heteroatoms. The minimum absolute atomic E-state index is 0.224. The van der Waals surface area contributed by atoms with Crippen LogP contribution in [0.2, 0.25) is 0 Å². The molecule has 1 fully saturated rings. The van der Waals surface area contributed by atoms with Crippen molar-refractivity contribution >= 4 is 27.4 Å². The van der Waals surface area contributed by atoms with E-state index in [2.05, 4.69) is 21.8 Å². The fourth-order valence-corrected chi connectivity index (χ4v) is 4.99. The average molecular weight is 303 g/mol. The number of fused-ring (bicyclic) bond motifs is 3. The Morgan fingerprint density at radius 2 is 2.24 bits per heavy atom. The molecule has 0 saturated carbocycles. The lowest BCUT2D eigenvalue weighted by molar-refractivity contribution is 0.154. The summed E-state index contributed by atoms with van der Waals surface area (Å²) in [5, 5.41) is 11.2. The Morgan fingerprint density at radius 1 is 1.33 bits per heavy atom. The molecule has 21 heavy (non-hydrogen) atoms. The summed E-state index contributed by atoms with van der Waals surface area (Å²) in [6.07, 6.45) is 6.99. The van der Waals surface area contributed by atoms with Crippen LogP contribution >= 0.6 is 11.3 Å². The van der Waals surface area contributed by atoms with E-state index in [1.165, 1.54) is 28.7 Å². The van der Waals surface area contributed by atoms with Crippen LogP contribution in [-0.4, -0.2) is 34.3 Å². The Hall–Kier alpha value is -1.20. The molecule has 0 bridgehead atoms. The summed E-state index contributed by atoms with van der Waals surface area (Å²) < 4.78 is 0. The Labute approximate surface area is 128 Å². The number of hydrogen-bond donors (Lipinski definition) is 1. The number of β-amino-alcohol motifs (C(OH)–C–C–N with tert-alkyl or cyclic N) is 1. The van der Waals surface area contributed by atoms with Crippen LogP contribution < -0.4 is 4.90 Å². The summed E-state index contributed by atoms with van der Waals surface area (Å²) in [4.78, 5) is 14.0. The molecule has 3 heterocycles. The van der Waals surface area contributed by atoms with E-state index in [1.54, 1.807) is 6.33 Å². The molecule has 4 nitrogen and oxygen atoms in total. The first-order valence-electron chi connectivity index (χ1n) is 7.90. The molecular formula is C16H21N3OS. The minimum Gasteiger partial charge on any atom is -0.391 e. The van der Waals surface area contributed by atoms with Gasteiger partial charge in [0.2, 0.25) is 0 Å². The van der Waals surface area contributed by atoms with Crippen LogP contribution in [0.5, 0.6) is 0 Å². The lowest BCUT2D eigenvalue weighted by Gasteiger charge is -2.31. The number of aliphatic hydroxyl groups is 1. The van der Waals surface area contributed by atoms with Gasteiger partial charge in [-0.15, -0.1) is 11.3 Å². The van der Waals surface area contributed by atoms with Gasteiger partial charge >= 0.3 is 0 Å². The smallest absolute Gasteiger partial charge is 0.141 e. The molecule has 4 rings (SSSR count). The number of thiophene rings is 1. The molecule has 1 aliphatic heterocycles. The van der Waals surface area contributed by atoms with Crippen molar-refractivity contribution in [2.45, 2.75) is 45.1 Å². The highest BCUT2D eigenvalue weighted by Crippen LogP contribution is 2.40. The van der Waals surface area contributed by atoms with Crippen molar-refractivity contribution in [3.63, 3.8) is 0 Å². The second kappa shape index (κ2) is 5.21. The maximum absolute atomic E-state index is 9.95. The third kappa shape index (κ3) is 2.32. The molecule has 1 saturated heterocycles. The molecule has 2 atom stereocenters. The van der Waals surface area contributed by atoms with Gasteiger partial charge < -0.3 is 10.0 Å². The number of aromatic nitrogens is 2. The Bertz CT molecular complexity index is 669. The highest BCUT2D eigenvalue weighted by atomic mass is 32.1. The number of piperidine rings is 1. The molecule has 1 N–H and O–H groups in total. The molecule has 112 valence electrons. The molecule has 0 radical (unpaired) electrons. The molecule has 2 aliphatic rings. The summed E-state index contributed by atoms with van der Waals surface area (Å²) in [6.45, 7) is 4.03. The molecular weight excluding hydrogens is 282 g/mol. The van der Waals surface area contributed by atoms with Gasteiger partial charge in [0.25, 0.3) is 0 Å². The van der Waals surface area contributed by atoms with Crippen LogP contribution in [0.3, 0.4) is 0 Å². The quantitative estimate of drug-likeness (QED) is 0.880. The normalized spacial score (nSPS) is 26.1. The largest absolute Gasteiger partial charge is 0.391 e. The van der Waals surface area contributed by atoms with Crippen molar-refractivity contribution in [2.75, 3.05) is 18.0 Å². The van der Waals surface area contributed by atoms with E-state index in [-0.39, 0.29) is 6.10 Å². The number of aryl methyl sites for hydroxylation is 1. The molecule has 2 aromatic heterocycles. The molecule has 1 aliphatic carbocycles. The number of hydrogen-bond acceptors (Lipinski definition) is 5. The van der Waals surface area contributed by atoms with Crippen molar-refractivity contribution in [1.29, 1.82) is 0 Å². The lowest BCUT2D eigenvalue weighted by atomic mass is 9.89. The monoisotopic (exact) mass is 303 g/mol. The second-order valence-electron chi connectivity index (χ2n) is 6.47. The van der Waals surface area contributed by atoms with Gasteiger partial charge in [-0.05, 0) is 43.6 Å². The van der Waals surface area contributed by atoms with E-state index in [1.807, 2.05) is 11.3 Å². The first-order valence-corrected chi connectivity index (χ1v) is 8.72. The summed E-state index contributed by atoms with van der Waals surface area (Å²) in [6, 6.07) is 0. The predicted molar refractivity (Wildman–Crippen MR) is 86.1 cm³/mol. The topological polar surface area (TPSA) is 49.2 Å². The minimum atomic E-state index is -0.224. The van der Waals surface area contributed by atoms with Gasteiger partial charge in [-0.3, -0.25) is 0 Å². The van der Waals surface area contributed by atoms with Crippen LogP contribution in [0, 0.1) is 5.92 Å². The van der Waals surface area contributed by atoms with Crippen LogP contribution in [0.1, 0.15) is 36.6 Å². The number of anilines is 1. The van der Waals surface area contributed by atoms with Crippen LogP contribution in [0.4, 0.5) is 5.82 Å². The van der Waals surface area contributed by atoms with E-state index < -0.39 is 0 Å². The zero-order valence-corrected chi connectivity index (χ0v) is 13.2. The van der Waals surface area contributed by atoms with Crippen LogP contribution in [-0.2, 0) is 12.8 Å². The van der Waals surface area contributed by atoms with Gasteiger partial charge in [0, 0.05) is 18.0 Å². The van der Waals surface area contributed by atoms with Crippen molar-refractivity contribution in [1.82, 2.24) is 9.97 Å². The first-order chi connectivity index (χ1) is 10.2. The fraction of sp³-hybridized carbons (Fsp3) is 0.625. The lowest BCUT2D eigenvalue weighted by Crippen LogP contribution is -2.38. The molecule has 0 aromatic carbocycles. The summed E-state index contributed by atoms with van der Waals surface area (Å²) in [5.74, 6) is 1.82. The van der Waals surface area contributed by atoms with Crippen molar-refractivity contribution in [2.24, 2.45) is 5.92 Å². The zero-order chi connectivity index (χ0) is 14.4. The highest BCUT2D eigenvalue weighted by molar-refractivity contribution is 7.19. The Morgan fingerprint density at radius 3 is 3.10 bits per heavy atom. The fourth-order valence-electron chi connectivity index (χ4n) is 3.65. The number of rotatable bonds is 1. The number of nitrogens with zero attached hydrogens (tertiary/aromatic N) is 3. The maximum Gasteiger partial charge on any atom is 0.141 e. The van der Waals surface area contributed by atoms with Gasteiger partial charge in [0.15, 0.2) is 0 Å². The van der Waals surface area contributed by atoms with Gasteiger partial charge in [-0.1, -0.05) is 6.92 Å². The summed E-state index contributed by atoms with van der Waals surface area (Å²) >= 11 is 1.84. The summed E-state index contributed by atoms with van der Waals surface area (Å²) in [7, 11) is 0. The SMILES string of the molecule is C[C@@H]1CCc2c(sc3ncnc(N4CCC[C@H](O)C4)c23)C1. The van der Waals surface area contributed by atoms with Gasteiger partial charge in [-0.2, -0.15) is 0 Å². The van der Waals surface area contributed by atoms with Crippen molar-refractivity contribution in [3.8, 4) is 0 Å². The standard InChI is InChI=1S/C16H21N3OS/c1-10-4-5-12-13(7-10)21-16-14(12)15(17-9-18-16)19-6-2-3-11(20)8-19/h9-11,20H,2-8H2,1H3/t10-,11+/m1/s1. The highest BCUT2D eigenvalue weighted by Gasteiger charge is 2.26. The average Bonchev–Trinajstić information content (AvgIpc) is 2.84. The van der Waals surface area contributed by atoms with Crippen molar-refractivity contribution < 1.29 is 5.11 Å². The molecule has 0 unspecified atom stereocenters. The van der Waals surface area contributed by atoms with Gasteiger partial charge in [0.05, 0.1) is 11.5 Å². The van der Waals surface area contributed by atoms with E-state index >= 15 is 0 Å². The van der Waals surface area contributed by atoms with Crippen molar-refractivity contribution in [3.05, 3.63) is 16.8 Å². The Balaban J connectivity index is 1.82. The zero-order valence-electron chi connectivity index (χ0n) is 12.4. The van der Waals surface area contributed by atoms with E-state index in [9.17, 15) is 5.11 Å². The van der Waals surface area contributed by atoms with Gasteiger partial charge in [-0.25, -0.2) is 9.97 Å². The maximum atomic E-state index is 9.95. The molecule has 0 spiro atoms. The van der Waals surface area contributed by atoms with E-state index in [4.69, 9.17) is 0 Å². The van der Waals surface area contributed by atoms with E-state index in [0.29, 0.717) is 6.54 Å². The molecule has 0 amide bonds. The first kappa shape index (κ1) is 13.5. The van der Waals surface area contributed by atoms with E-state index in [0.717, 1.165) is 42.4 Å². The summed E-state index contributed by atoms with van der Waals surface area (Å²) in [5.41, 5.74) is 1.48. The van der Waals surface area contributed by atoms with Crippen LogP contribution in [0.25, 0.3) is 10.2 Å². The number of aliphatic hydroxyl groups excluding tert-OH is 1. The molecule has 2 aromatic rings.